The first-order valence-electron chi connectivity index (χ1n) is 5.78. The summed E-state index contributed by atoms with van der Waals surface area (Å²) in [5.41, 5.74) is 13.1. The largest absolute Gasteiger partial charge is 0.397 e. The van der Waals surface area contributed by atoms with Crippen molar-refractivity contribution in [2.24, 2.45) is 0 Å². The van der Waals surface area contributed by atoms with Crippen LogP contribution in [0.2, 0.25) is 5.02 Å². The molecule has 0 amide bonds. The van der Waals surface area contributed by atoms with Gasteiger partial charge in [-0.1, -0.05) is 41.9 Å². The Bertz CT molecular complexity index is 587. The molecule has 2 aromatic carbocycles. The van der Waals surface area contributed by atoms with Crippen LogP contribution in [0.15, 0.2) is 36.4 Å². The molecule has 0 fully saturated rings. The first-order chi connectivity index (χ1) is 9.00. The van der Waals surface area contributed by atoms with Gasteiger partial charge >= 0.3 is 0 Å². The van der Waals surface area contributed by atoms with E-state index in [1.165, 1.54) is 6.07 Å². The van der Waals surface area contributed by atoms with Crippen molar-refractivity contribution in [2.75, 3.05) is 23.4 Å². The Morgan fingerprint density at radius 2 is 1.79 bits per heavy atom. The molecule has 0 unspecified atom stereocenters. The van der Waals surface area contributed by atoms with E-state index < -0.39 is 5.82 Å². The summed E-state index contributed by atoms with van der Waals surface area (Å²) in [7, 11) is 1.76. The van der Waals surface area contributed by atoms with Crippen LogP contribution in [0.25, 0.3) is 0 Å². The van der Waals surface area contributed by atoms with E-state index >= 15 is 0 Å². The van der Waals surface area contributed by atoms with Crippen molar-refractivity contribution in [2.45, 2.75) is 6.54 Å². The minimum Gasteiger partial charge on any atom is -0.397 e. The Hall–Kier alpha value is -1.94. The lowest BCUT2D eigenvalue weighted by Gasteiger charge is -2.22. The molecule has 3 nitrogen and oxygen atoms in total. The second-order valence-corrected chi connectivity index (χ2v) is 4.75. The van der Waals surface area contributed by atoms with Gasteiger partial charge in [0.05, 0.1) is 17.1 Å². The first kappa shape index (κ1) is 13.5. The van der Waals surface area contributed by atoms with Gasteiger partial charge in [-0.15, -0.1) is 0 Å². The van der Waals surface area contributed by atoms with E-state index in [9.17, 15) is 4.39 Å². The molecule has 0 radical (unpaired) electrons. The van der Waals surface area contributed by atoms with Crippen LogP contribution in [-0.2, 0) is 6.54 Å². The highest BCUT2D eigenvalue weighted by Crippen LogP contribution is 2.36. The average Bonchev–Trinajstić information content (AvgIpc) is 2.37. The maximum atomic E-state index is 14.1. The molecule has 0 saturated heterocycles. The number of anilines is 3. The SMILES string of the molecule is CN(Cc1ccccc1)c1c(N)cc(N)c(Cl)c1F. The van der Waals surface area contributed by atoms with Crippen LogP contribution >= 0.6 is 11.6 Å². The summed E-state index contributed by atoms with van der Waals surface area (Å²) >= 11 is 5.82. The van der Waals surface area contributed by atoms with Crippen molar-refractivity contribution in [1.29, 1.82) is 0 Å². The number of nitrogens with zero attached hydrogens (tertiary/aromatic N) is 1. The Labute approximate surface area is 116 Å². The van der Waals surface area contributed by atoms with Gasteiger partial charge in [0, 0.05) is 13.6 Å². The van der Waals surface area contributed by atoms with E-state index in [4.69, 9.17) is 23.1 Å². The predicted molar refractivity (Wildman–Crippen MR) is 78.8 cm³/mol. The van der Waals surface area contributed by atoms with E-state index in [1.807, 2.05) is 30.3 Å². The smallest absolute Gasteiger partial charge is 0.169 e. The van der Waals surface area contributed by atoms with Crippen LogP contribution in [0.5, 0.6) is 0 Å². The molecule has 4 N–H and O–H groups in total. The van der Waals surface area contributed by atoms with Gasteiger partial charge in [0.1, 0.15) is 5.02 Å². The van der Waals surface area contributed by atoms with Gasteiger partial charge in [-0.25, -0.2) is 4.39 Å². The molecular formula is C14H15ClFN3. The number of halogens is 2. The maximum Gasteiger partial charge on any atom is 0.169 e. The van der Waals surface area contributed by atoms with Gasteiger partial charge < -0.3 is 16.4 Å². The molecule has 0 aliphatic heterocycles. The van der Waals surface area contributed by atoms with Crippen molar-refractivity contribution >= 4 is 28.7 Å². The van der Waals surface area contributed by atoms with Gasteiger partial charge in [0.2, 0.25) is 0 Å². The third kappa shape index (κ3) is 2.74. The van der Waals surface area contributed by atoms with Crippen molar-refractivity contribution < 1.29 is 4.39 Å². The third-order valence-electron chi connectivity index (χ3n) is 2.88. The third-order valence-corrected chi connectivity index (χ3v) is 3.27. The molecule has 0 aliphatic carbocycles. The molecule has 2 aromatic rings. The standard InChI is InChI=1S/C14H15ClFN3/c1-19(8-9-5-3-2-4-6-9)14-11(18)7-10(17)12(15)13(14)16/h2-7H,8,17-18H2,1H3. The van der Waals surface area contributed by atoms with Gasteiger partial charge in [-0.05, 0) is 11.6 Å². The molecule has 0 heterocycles. The molecular weight excluding hydrogens is 265 g/mol. The first-order valence-corrected chi connectivity index (χ1v) is 6.16. The molecule has 0 bridgehead atoms. The molecule has 0 saturated carbocycles. The zero-order valence-corrected chi connectivity index (χ0v) is 11.3. The fourth-order valence-electron chi connectivity index (χ4n) is 1.98. The molecule has 0 spiro atoms. The molecule has 0 aromatic heterocycles. The van der Waals surface area contributed by atoms with E-state index in [0.29, 0.717) is 6.54 Å². The normalized spacial score (nSPS) is 10.5. The van der Waals surface area contributed by atoms with Crippen LogP contribution in [0.4, 0.5) is 21.5 Å². The van der Waals surface area contributed by atoms with E-state index in [-0.39, 0.29) is 22.1 Å². The number of hydrogen-bond acceptors (Lipinski definition) is 3. The van der Waals surface area contributed by atoms with Gasteiger partial charge in [0.25, 0.3) is 0 Å². The summed E-state index contributed by atoms with van der Waals surface area (Å²) in [4.78, 5) is 1.71. The summed E-state index contributed by atoms with van der Waals surface area (Å²) in [5, 5.41) is -0.0934. The average molecular weight is 280 g/mol. The van der Waals surface area contributed by atoms with Crippen LogP contribution in [0.3, 0.4) is 0 Å². The number of hydrogen-bond donors (Lipinski definition) is 2. The highest BCUT2D eigenvalue weighted by Gasteiger charge is 2.17. The summed E-state index contributed by atoms with van der Waals surface area (Å²) in [6.07, 6.45) is 0. The quantitative estimate of drug-likeness (QED) is 0.848. The van der Waals surface area contributed by atoms with Crippen molar-refractivity contribution in [3.8, 4) is 0 Å². The van der Waals surface area contributed by atoms with Crippen molar-refractivity contribution in [1.82, 2.24) is 0 Å². The molecule has 19 heavy (non-hydrogen) atoms. The number of benzene rings is 2. The zero-order valence-electron chi connectivity index (χ0n) is 10.5. The number of nitrogen functional groups attached to an aromatic ring is 2. The van der Waals surface area contributed by atoms with Crippen molar-refractivity contribution in [3.05, 3.63) is 52.8 Å². The minimum absolute atomic E-state index is 0.0934. The van der Waals surface area contributed by atoms with Gasteiger partial charge in [-0.3, -0.25) is 0 Å². The second-order valence-electron chi connectivity index (χ2n) is 4.37. The minimum atomic E-state index is -0.586. The molecule has 5 heteroatoms. The summed E-state index contributed by atoms with van der Waals surface area (Å²) in [6, 6.07) is 11.2. The highest BCUT2D eigenvalue weighted by molar-refractivity contribution is 6.33. The number of rotatable bonds is 3. The lowest BCUT2D eigenvalue weighted by Crippen LogP contribution is -2.19. The summed E-state index contributed by atoms with van der Waals surface area (Å²) in [6.45, 7) is 0.530. The topological polar surface area (TPSA) is 55.3 Å². The zero-order chi connectivity index (χ0) is 14.0. The van der Waals surface area contributed by atoms with Crippen LogP contribution < -0.4 is 16.4 Å². The second kappa shape index (κ2) is 5.36. The Balaban J connectivity index is 2.34. The lowest BCUT2D eigenvalue weighted by molar-refractivity contribution is 0.624. The van der Waals surface area contributed by atoms with Crippen molar-refractivity contribution in [3.63, 3.8) is 0 Å². The molecule has 0 aliphatic rings. The Kier molecular flexibility index (Phi) is 3.81. The molecule has 0 atom stereocenters. The van der Waals surface area contributed by atoms with Gasteiger partial charge in [-0.2, -0.15) is 0 Å². The van der Waals surface area contributed by atoms with Crippen LogP contribution in [0, 0.1) is 5.82 Å². The number of nitrogens with two attached hydrogens (primary N) is 2. The fraction of sp³-hybridized carbons (Fsp3) is 0.143. The Morgan fingerprint density at radius 3 is 2.42 bits per heavy atom. The summed E-state index contributed by atoms with van der Waals surface area (Å²) in [5.74, 6) is -0.586. The maximum absolute atomic E-state index is 14.1. The molecule has 100 valence electrons. The fourth-order valence-corrected chi connectivity index (χ4v) is 2.13. The van der Waals surface area contributed by atoms with E-state index in [2.05, 4.69) is 0 Å². The lowest BCUT2D eigenvalue weighted by atomic mass is 10.1. The van der Waals surface area contributed by atoms with Gasteiger partial charge in [0.15, 0.2) is 5.82 Å². The monoisotopic (exact) mass is 279 g/mol. The summed E-state index contributed by atoms with van der Waals surface area (Å²) < 4.78 is 14.1. The van der Waals surface area contributed by atoms with E-state index in [1.54, 1.807) is 11.9 Å². The predicted octanol–water partition coefficient (Wildman–Crippen LogP) is 3.28. The highest BCUT2D eigenvalue weighted by atomic mass is 35.5. The Morgan fingerprint density at radius 1 is 1.16 bits per heavy atom. The van der Waals surface area contributed by atoms with E-state index in [0.717, 1.165) is 5.56 Å². The van der Waals surface area contributed by atoms with Crippen LogP contribution in [0.1, 0.15) is 5.56 Å². The molecule has 2 rings (SSSR count). The van der Waals surface area contributed by atoms with Crippen LogP contribution in [-0.4, -0.2) is 7.05 Å².